The number of nitrogen functional groups attached to an aromatic ring is 1. The van der Waals surface area contributed by atoms with Crippen LogP contribution in [-0.4, -0.2) is 17.5 Å². The standard InChI is InChI=1S/C18H15N3O2S/c19-18-20-14(11-24-18)13-6-7-16-15(8-13)21(17(22)10-23-16)9-12-4-2-1-3-5-12/h1-8,11H,9-10H2,(H2,19,20). The molecule has 4 rings (SSSR count). The fourth-order valence-electron chi connectivity index (χ4n) is 2.72. The molecule has 1 aliphatic rings. The predicted molar refractivity (Wildman–Crippen MR) is 95.1 cm³/mol. The monoisotopic (exact) mass is 337 g/mol. The van der Waals surface area contributed by atoms with Crippen molar-refractivity contribution in [3.8, 4) is 17.0 Å². The molecular weight excluding hydrogens is 322 g/mol. The third-order valence-corrected chi connectivity index (χ3v) is 4.58. The zero-order valence-electron chi connectivity index (χ0n) is 12.8. The third kappa shape index (κ3) is 2.72. The van der Waals surface area contributed by atoms with Gasteiger partial charge >= 0.3 is 0 Å². The van der Waals surface area contributed by atoms with Crippen LogP contribution in [0.2, 0.25) is 0 Å². The SMILES string of the molecule is Nc1nc(-c2ccc3c(c2)N(Cc2ccccc2)C(=O)CO3)cs1. The normalized spacial score (nSPS) is 13.5. The van der Waals surface area contributed by atoms with E-state index in [4.69, 9.17) is 10.5 Å². The number of carbonyl (C=O) groups is 1. The van der Waals surface area contributed by atoms with E-state index in [0.29, 0.717) is 17.4 Å². The van der Waals surface area contributed by atoms with Gasteiger partial charge in [0.2, 0.25) is 0 Å². The van der Waals surface area contributed by atoms with Crippen LogP contribution >= 0.6 is 11.3 Å². The number of aromatic nitrogens is 1. The molecule has 0 spiro atoms. The van der Waals surface area contributed by atoms with Gasteiger partial charge in [0.25, 0.3) is 5.91 Å². The Bertz CT molecular complexity index is 892. The van der Waals surface area contributed by atoms with Crippen molar-refractivity contribution in [1.82, 2.24) is 4.98 Å². The smallest absolute Gasteiger partial charge is 0.265 e. The molecule has 5 nitrogen and oxygen atoms in total. The molecule has 0 radical (unpaired) electrons. The number of benzene rings is 2. The van der Waals surface area contributed by atoms with Crippen LogP contribution < -0.4 is 15.4 Å². The Hall–Kier alpha value is -2.86. The third-order valence-electron chi connectivity index (χ3n) is 3.90. The van der Waals surface area contributed by atoms with Crippen LogP contribution in [0, 0.1) is 0 Å². The van der Waals surface area contributed by atoms with Crippen molar-refractivity contribution in [2.45, 2.75) is 6.54 Å². The van der Waals surface area contributed by atoms with Gasteiger partial charge in [-0.1, -0.05) is 30.3 Å². The lowest BCUT2D eigenvalue weighted by atomic mass is 10.1. The van der Waals surface area contributed by atoms with E-state index in [0.717, 1.165) is 22.5 Å². The van der Waals surface area contributed by atoms with Crippen LogP contribution in [0.15, 0.2) is 53.9 Å². The average Bonchev–Trinajstić information content (AvgIpc) is 3.04. The summed E-state index contributed by atoms with van der Waals surface area (Å²) in [6.07, 6.45) is 0. The van der Waals surface area contributed by atoms with Gasteiger partial charge in [-0.05, 0) is 23.8 Å². The number of anilines is 2. The zero-order valence-corrected chi connectivity index (χ0v) is 13.6. The molecule has 1 aliphatic heterocycles. The maximum atomic E-state index is 12.4. The van der Waals surface area contributed by atoms with Gasteiger partial charge in [0.1, 0.15) is 5.75 Å². The highest BCUT2D eigenvalue weighted by Crippen LogP contribution is 2.37. The van der Waals surface area contributed by atoms with E-state index in [-0.39, 0.29) is 12.5 Å². The van der Waals surface area contributed by atoms with Crippen molar-refractivity contribution in [2.24, 2.45) is 0 Å². The zero-order chi connectivity index (χ0) is 16.5. The quantitative estimate of drug-likeness (QED) is 0.796. The summed E-state index contributed by atoms with van der Waals surface area (Å²) in [4.78, 5) is 18.4. The molecule has 2 N–H and O–H groups in total. The number of nitrogens with zero attached hydrogens (tertiary/aromatic N) is 2. The Morgan fingerprint density at radius 2 is 2.04 bits per heavy atom. The lowest BCUT2D eigenvalue weighted by Crippen LogP contribution is -2.38. The summed E-state index contributed by atoms with van der Waals surface area (Å²) >= 11 is 1.40. The largest absolute Gasteiger partial charge is 0.482 e. The summed E-state index contributed by atoms with van der Waals surface area (Å²) in [6.45, 7) is 0.571. The summed E-state index contributed by atoms with van der Waals surface area (Å²) in [5.41, 5.74) is 9.28. The van der Waals surface area contributed by atoms with E-state index in [9.17, 15) is 4.79 Å². The van der Waals surface area contributed by atoms with Crippen LogP contribution in [0.5, 0.6) is 5.75 Å². The summed E-state index contributed by atoms with van der Waals surface area (Å²) < 4.78 is 5.57. The summed E-state index contributed by atoms with van der Waals surface area (Å²) in [5, 5.41) is 2.43. The average molecular weight is 337 g/mol. The maximum absolute atomic E-state index is 12.4. The van der Waals surface area contributed by atoms with Gasteiger partial charge in [0.15, 0.2) is 11.7 Å². The van der Waals surface area contributed by atoms with E-state index in [2.05, 4.69) is 4.98 Å². The van der Waals surface area contributed by atoms with Crippen molar-refractivity contribution in [2.75, 3.05) is 17.2 Å². The van der Waals surface area contributed by atoms with Crippen molar-refractivity contribution in [1.29, 1.82) is 0 Å². The van der Waals surface area contributed by atoms with Gasteiger partial charge in [-0.3, -0.25) is 4.79 Å². The number of hydrogen-bond donors (Lipinski definition) is 1. The number of rotatable bonds is 3. The van der Waals surface area contributed by atoms with Crippen molar-refractivity contribution in [3.05, 3.63) is 59.5 Å². The molecule has 2 aromatic carbocycles. The minimum absolute atomic E-state index is 0.0544. The first-order valence-electron chi connectivity index (χ1n) is 7.53. The van der Waals surface area contributed by atoms with E-state index in [1.165, 1.54) is 11.3 Å². The van der Waals surface area contributed by atoms with Crippen molar-refractivity contribution in [3.63, 3.8) is 0 Å². The highest BCUT2D eigenvalue weighted by molar-refractivity contribution is 7.13. The highest BCUT2D eigenvalue weighted by Gasteiger charge is 2.26. The highest BCUT2D eigenvalue weighted by atomic mass is 32.1. The molecule has 1 amide bonds. The second-order valence-electron chi connectivity index (χ2n) is 5.51. The molecule has 2 heterocycles. The molecular formula is C18H15N3O2S. The lowest BCUT2D eigenvalue weighted by molar-refractivity contribution is -0.121. The lowest BCUT2D eigenvalue weighted by Gasteiger charge is -2.29. The number of carbonyl (C=O) groups excluding carboxylic acids is 1. The van der Waals surface area contributed by atoms with Gasteiger partial charge < -0.3 is 15.4 Å². The molecule has 0 atom stereocenters. The maximum Gasteiger partial charge on any atom is 0.265 e. The molecule has 1 aromatic heterocycles. The number of fused-ring (bicyclic) bond motifs is 1. The van der Waals surface area contributed by atoms with E-state index >= 15 is 0 Å². The number of hydrogen-bond acceptors (Lipinski definition) is 5. The molecule has 0 saturated carbocycles. The summed E-state index contributed by atoms with van der Waals surface area (Å²) in [7, 11) is 0. The fourth-order valence-corrected chi connectivity index (χ4v) is 3.29. The molecule has 0 aliphatic carbocycles. The minimum atomic E-state index is -0.0544. The van der Waals surface area contributed by atoms with E-state index in [1.54, 1.807) is 4.90 Å². The molecule has 24 heavy (non-hydrogen) atoms. The minimum Gasteiger partial charge on any atom is -0.482 e. The number of nitrogens with two attached hydrogens (primary N) is 1. The summed E-state index contributed by atoms with van der Waals surface area (Å²) in [5.74, 6) is 0.652. The van der Waals surface area contributed by atoms with E-state index < -0.39 is 0 Å². The second kappa shape index (κ2) is 5.98. The van der Waals surface area contributed by atoms with Crippen LogP contribution in [0.4, 0.5) is 10.8 Å². The number of thiazole rings is 1. The Kier molecular flexibility index (Phi) is 3.66. The Morgan fingerprint density at radius 3 is 2.79 bits per heavy atom. The molecule has 6 heteroatoms. The van der Waals surface area contributed by atoms with Crippen LogP contribution in [-0.2, 0) is 11.3 Å². The number of ether oxygens (including phenoxy) is 1. The van der Waals surface area contributed by atoms with Crippen LogP contribution in [0.25, 0.3) is 11.3 Å². The van der Waals surface area contributed by atoms with Crippen LogP contribution in [0.1, 0.15) is 5.56 Å². The fraction of sp³-hybridized carbons (Fsp3) is 0.111. The van der Waals surface area contributed by atoms with E-state index in [1.807, 2.05) is 53.9 Å². The first kappa shape index (κ1) is 14.7. The molecule has 0 unspecified atom stereocenters. The van der Waals surface area contributed by atoms with Gasteiger partial charge in [-0.25, -0.2) is 4.98 Å². The summed E-state index contributed by atoms with van der Waals surface area (Å²) in [6, 6.07) is 15.7. The molecule has 0 saturated heterocycles. The Morgan fingerprint density at radius 1 is 1.21 bits per heavy atom. The van der Waals surface area contributed by atoms with Crippen LogP contribution in [0.3, 0.4) is 0 Å². The van der Waals surface area contributed by atoms with Crippen molar-refractivity contribution < 1.29 is 9.53 Å². The predicted octanol–water partition coefficient (Wildman–Crippen LogP) is 3.32. The molecule has 0 fully saturated rings. The Labute approximate surface area is 143 Å². The van der Waals surface area contributed by atoms with Gasteiger partial charge in [-0.15, -0.1) is 11.3 Å². The Balaban J connectivity index is 1.73. The van der Waals surface area contributed by atoms with Gasteiger partial charge in [0.05, 0.1) is 17.9 Å². The topological polar surface area (TPSA) is 68.5 Å². The molecule has 120 valence electrons. The van der Waals surface area contributed by atoms with Gasteiger partial charge in [-0.2, -0.15) is 0 Å². The van der Waals surface area contributed by atoms with Gasteiger partial charge in [0, 0.05) is 10.9 Å². The number of amides is 1. The first-order chi connectivity index (χ1) is 11.7. The van der Waals surface area contributed by atoms with Crippen molar-refractivity contribution >= 4 is 28.1 Å². The molecule has 3 aromatic rings. The second-order valence-corrected chi connectivity index (χ2v) is 6.40. The molecule has 0 bridgehead atoms. The first-order valence-corrected chi connectivity index (χ1v) is 8.41.